The highest BCUT2D eigenvalue weighted by molar-refractivity contribution is 14.1. The molecule has 0 N–H and O–H groups in total. The molecule has 2 rings (SSSR count). The summed E-state index contributed by atoms with van der Waals surface area (Å²) in [7, 11) is 0. The van der Waals surface area contributed by atoms with E-state index in [-0.39, 0.29) is 0 Å². The second-order valence-corrected chi connectivity index (χ2v) is 4.08. The Hall–Kier alpha value is -0.100. The second kappa shape index (κ2) is 3.33. The van der Waals surface area contributed by atoms with Crippen LogP contribution in [0.1, 0.15) is 12.1 Å². The highest BCUT2D eigenvalue weighted by Crippen LogP contribution is 2.16. The van der Waals surface area contributed by atoms with E-state index in [1.807, 2.05) is 13.3 Å². The zero-order valence-electron chi connectivity index (χ0n) is 6.96. The lowest BCUT2D eigenvalue weighted by Gasteiger charge is -2.26. The van der Waals surface area contributed by atoms with Gasteiger partial charge in [-0.2, -0.15) is 0 Å². The Balaban J connectivity index is 2.06. The maximum absolute atomic E-state index is 5.35. The number of hydrogen-bond donors (Lipinski definition) is 0. The first-order chi connectivity index (χ1) is 5.77. The van der Waals surface area contributed by atoms with Crippen LogP contribution in [-0.4, -0.2) is 22.3 Å². The van der Waals surface area contributed by atoms with Crippen LogP contribution in [0.5, 0.6) is 0 Å². The van der Waals surface area contributed by atoms with Crippen LogP contribution in [0.25, 0.3) is 0 Å². The van der Waals surface area contributed by atoms with Crippen molar-refractivity contribution in [3.8, 4) is 0 Å². The van der Waals surface area contributed by atoms with E-state index >= 15 is 0 Å². The Labute approximate surface area is 85.3 Å². The topological polar surface area (TPSA) is 27.1 Å². The van der Waals surface area contributed by atoms with Gasteiger partial charge in [0.15, 0.2) is 0 Å². The van der Waals surface area contributed by atoms with Crippen LogP contribution in [0.15, 0.2) is 6.33 Å². The largest absolute Gasteiger partial charge is 0.376 e. The molecule has 0 amide bonds. The number of ether oxygens (including phenoxy) is 1. The van der Waals surface area contributed by atoms with Crippen molar-refractivity contribution < 1.29 is 4.74 Å². The summed E-state index contributed by atoms with van der Waals surface area (Å²) in [4.78, 5) is 4.23. The molecule has 0 aliphatic carbocycles. The lowest BCUT2D eigenvalue weighted by Crippen LogP contribution is -2.31. The van der Waals surface area contributed by atoms with E-state index in [2.05, 4.69) is 32.1 Å². The Morgan fingerprint density at radius 1 is 1.83 bits per heavy atom. The standard InChI is InChI=1S/C8H11IN2O/c1-6-8(9)11(5-10-6)4-7-2-3-12-7/h5,7H,2-4H2,1H3/t7-/m0/s1. The Morgan fingerprint density at radius 3 is 3.00 bits per heavy atom. The van der Waals surface area contributed by atoms with E-state index in [1.54, 1.807) is 0 Å². The molecule has 0 spiro atoms. The van der Waals surface area contributed by atoms with Crippen LogP contribution < -0.4 is 0 Å². The fourth-order valence-electron chi connectivity index (χ4n) is 1.24. The van der Waals surface area contributed by atoms with Crippen molar-refractivity contribution in [1.29, 1.82) is 0 Å². The second-order valence-electron chi connectivity index (χ2n) is 3.05. The smallest absolute Gasteiger partial charge is 0.103 e. The van der Waals surface area contributed by atoms with Crippen LogP contribution in [0.4, 0.5) is 0 Å². The average molecular weight is 278 g/mol. The molecule has 0 radical (unpaired) electrons. The molecule has 1 fully saturated rings. The molecule has 1 aromatic rings. The molecule has 3 nitrogen and oxygen atoms in total. The van der Waals surface area contributed by atoms with Gasteiger partial charge in [0.1, 0.15) is 3.70 Å². The summed E-state index contributed by atoms with van der Waals surface area (Å²) >= 11 is 2.32. The maximum atomic E-state index is 5.35. The lowest BCUT2D eigenvalue weighted by molar-refractivity contribution is -0.0595. The molecule has 2 heterocycles. The molecule has 4 heteroatoms. The summed E-state index contributed by atoms with van der Waals surface area (Å²) in [6.07, 6.45) is 3.50. The minimum atomic E-state index is 0.423. The SMILES string of the molecule is Cc1ncn(C[C@@H]2CCO2)c1I. The summed E-state index contributed by atoms with van der Waals surface area (Å²) in [5.74, 6) is 0. The summed E-state index contributed by atoms with van der Waals surface area (Å²) in [5.41, 5.74) is 1.11. The molecular formula is C8H11IN2O. The van der Waals surface area contributed by atoms with Crippen molar-refractivity contribution in [2.75, 3.05) is 6.61 Å². The van der Waals surface area contributed by atoms with Gasteiger partial charge in [-0.15, -0.1) is 0 Å². The summed E-state index contributed by atoms with van der Waals surface area (Å²) in [5, 5.41) is 0. The molecule has 1 aromatic heterocycles. The highest BCUT2D eigenvalue weighted by Gasteiger charge is 2.19. The number of aromatic nitrogens is 2. The van der Waals surface area contributed by atoms with Crippen molar-refractivity contribution in [2.24, 2.45) is 0 Å². The maximum Gasteiger partial charge on any atom is 0.103 e. The van der Waals surface area contributed by atoms with Gasteiger partial charge in [0.25, 0.3) is 0 Å². The first kappa shape index (κ1) is 8.50. The minimum Gasteiger partial charge on any atom is -0.376 e. The van der Waals surface area contributed by atoms with Crippen molar-refractivity contribution in [2.45, 2.75) is 26.0 Å². The van der Waals surface area contributed by atoms with Crippen molar-refractivity contribution in [3.05, 3.63) is 15.7 Å². The molecule has 1 aliphatic heterocycles. The molecule has 12 heavy (non-hydrogen) atoms. The fraction of sp³-hybridized carbons (Fsp3) is 0.625. The molecule has 1 aliphatic rings. The van der Waals surface area contributed by atoms with Crippen LogP contribution in [0.3, 0.4) is 0 Å². The summed E-state index contributed by atoms with van der Waals surface area (Å²) < 4.78 is 8.72. The number of rotatable bonds is 2. The number of imidazole rings is 1. The molecular weight excluding hydrogens is 267 g/mol. The van der Waals surface area contributed by atoms with E-state index in [4.69, 9.17) is 4.74 Å². The predicted molar refractivity (Wildman–Crippen MR) is 54.0 cm³/mol. The summed E-state index contributed by atoms with van der Waals surface area (Å²) in [6.45, 7) is 3.91. The molecule has 0 aromatic carbocycles. The Bertz CT molecular complexity index is 281. The zero-order chi connectivity index (χ0) is 8.55. The Morgan fingerprint density at radius 2 is 2.58 bits per heavy atom. The normalized spacial score (nSPS) is 22.3. The van der Waals surface area contributed by atoms with Crippen LogP contribution in [0, 0.1) is 10.6 Å². The third-order valence-corrected chi connectivity index (χ3v) is 3.54. The molecule has 0 bridgehead atoms. The number of hydrogen-bond acceptors (Lipinski definition) is 2. The predicted octanol–water partition coefficient (Wildman–Crippen LogP) is 1.59. The van der Waals surface area contributed by atoms with Crippen LogP contribution in [-0.2, 0) is 11.3 Å². The van der Waals surface area contributed by atoms with Gasteiger partial charge in [0.05, 0.1) is 24.7 Å². The van der Waals surface area contributed by atoms with E-state index in [0.29, 0.717) is 6.10 Å². The zero-order valence-corrected chi connectivity index (χ0v) is 9.11. The molecule has 1 saturated heterocycles. The highest BCUT2D eigenvalue weighted by atomic mass is 127. The van der Waals surface area contributed by atoms with Gasteiger partial charge in [0.2, 0.25) is 0 Å². The van der Waals surface area contributed by atoms with Gasteiger partial charge in [-0.05, 0) is 35.9 Å². The monoisotopic (exact) mass is 278 g/mol. The van der Waals surface area contributed by atoms with Crippen LogP contribution >= 0.6 is 22.6 Å². The Kier molecular flexibility index (Phi) is 2.36. The molecule has 66 valence electrons. The van der Waals surface area contributed by atoms with E-state index in [0.717, 1.165) is 18.8 Å². The minimum absolute atomic E-state index is 0.423. The molecule has 0 saturated carbocycles. The fourth-order valence-corrected chi connectivity index (χ4v) is 1.70. The summed E-state index contributed by atoms with van der Waals surface area (Å²) in [6, 6.07) is 0. The van der Waals surface area contributed by atoms with Crippen LogP contribution in [0.2, 0.25) is 0 Å². The molecule has 1 atom stereocenters. The molecule has 0 unspecified atom stereocenters. The third-order valence-electron chi connectivity index (χ3n) is 2.14. The quantitative estimate of drug-likeness (QED) is 0.768. The van der Waals surface area contributed by atoms with Crippen molar-refractivity contribution >= 4 is 22.6 Å². The van der Waals surface area contributed by atoms with Crippen molar-refractivity contribution in [3.63, 3.8) is 0 Å². The van der Waals surface area contributed by atoms with E-state index < -0.39 is 0 Å². The number of aryl methyl sites for hydroxylation is 1. The first-order valence-corrected chi connectivity index (χ1v) is 5.14. The number of halogens is 1. The van der Waals surface area contributed by atoms with Gasteiger partial charge < -0.3 is 9.30 Å². The van der Waals surface area contributed by atoms with Crippen molar-refractivity contribution in [1.82, 2.24) is 9.55 Å². The van der Waals surface area contributed by atoms with Gasteiger partial charge in [-0.3, -0.25) is 0 Å². The first-order valence-electron chi connectivity index (χ1n) is 4.06. The van der Waals surface area contributed by atoms with Gasteiger partial charge in [-0.1, -0.05) is 0 Å². The van der Waals surface area contributed by atoms with Gasteiger partial charge in [0, 0.05) is 6.61 Å². The van der Waals surface area contributed by atoms with Gasteiger partial charge in [-0.25, -0.2) is 4.98 Å². The van der Waals surface area contributed by atoms with Gasteiger partial charge >= 0.3 is 0 Å². The number of nitrogens with zero attached hydrogens (tertiary/aromatic N) is 2. The van der Waals surface area contributed by atoms with E-state index in [1.165, 1.54) is 10.1 Å². The van der Waals surface area contributed by atoms with E-state index in [9.17, 15) is 0 Å². The third kappa shape index (κ3) is 1.50. The lowest BCUT2D eigenvalue weighted by atomic mass is 10.2. The average Bonchev–Trinajstić information content (AvgIpc) is 2.27.